The van der Waals surface area contributed by atoms with E-state index >= 15 is 0 Å². The second-order valence-electron chi connectivity index (χ2n) is 6.39. The van der Waals surface area contributed by atoms with E-state index in [1.807, 2.05) is 5.32 Å². The fraction of sp³-hybridized carbons (Fsp3) is 0.286. The molecule has 0 saturated carbocycles. The van der Waals surface area contributed by atoms with Gasteiger partial charge in [0.15, 0.2) is 0 Å². The summed E-state index contributed by atoms with van der Waals surface area (Å²) in [7, 11) is 0. The van der Waals surface area contributed by atoms with Crippen LogP contribution in [-0.4, -0.2) is 24.0 Å². The molecule has 0 heterocycles. The topological polar surface area (TPSA) is 38.3 Å². The quantitative estimate of drug-likeness (QED) is 0.447. The van der Waals surface area contributed by atoms with Gasteiger partial charge >= 0.3 is 17.9 Å². The average Bonchev–Trinajstić information content (AvgIpc) is 2.70. The molecule has 0 saturated heterocycles. The lowest BCUT2D eigenvalue weighted by Crippen LogP contribution is -2.57. The summed E-state index contributed by atoms with van der Waals surface area (Å²) in [5.74, 6) is -9.16. The molecule has 1 amide bonds. The second-order valence-corrected chi connectivity index (χ2v) is 7.34. The summed E-state index contributed by atoms with van der Waals surface area (Å²) in [6.07, 6.45) is -1.57. The maximum Gasteiger partial charge on any atom is 0.407 e. The number of benzene rings is 2. The van der Waals surface area contributed by atoms with Crippen molar-refractivity contribution in [3.8, 4) is 0 Å². The molecular formula is C21H20BrF4NO2. The SMILES string of the molecule is C=C(Br)C(F)(F)C(F)(F)C(CCc1ccccc1)NC(=O)OCc1ccccc1. The van der Waals surface area contributed by atoms with Gasteiger partial charge in [0.1, 0.15) is 12.6 Å². The predicted octanol–water partition coefficient (Wildman–Crippen LogP) is 6.09. The highest BCUT2D eigenvalue weighted by Gasteiger charge is 2.62. The molecule has 2 aromatic carbocycles. The van der Waals surface area contributed by atoms with E-state index < -0.39 is 34.9 Å². The van der Waals surface area contributed by atoms with E-state index in [9.17, 15) is 22.4 Å². The number of halogens is 5. The van der Waals surface area contributed by atoms with Crippen molar-refractivity contribution in [3.63, 3.8) is 0 Å². The van der Waals surface area contributed by atoms with Crippen molar-refractivity contribution in [2.75, 3.05) is 0 Å². The zero-order valence-corrected chi connectivity index (χ0v) is 17.0. The highest BCUT2D eigenvalue weighted by molar-refractivity contribution is 9.11. The van der Waals surface area contributed by atoms with Crippen LogP contribution >= 0.6 is 15.9 Å². The minimum Gasteiger partial charge on any atom is -0.445 e. The molecule has 0 aliphatic carbocycles. The van der Waals surface area contributed by atoms with Crippen molar-refractivity contribution in [1.29, 1.82) is 0 Å². The van der Waals surface area contributed by atoms with E-state index in [0.29, 0.717) is 11.1 Å². The Morgan fingerprint density at radius 3 is 2.03 bits per heavy atom. The lowest BCUT2D eigenvalue weighted by Gasteiger charge is -2.33. The van der Waals surface area contributed by atoms with Gasteiger partial charge in [0, 0.05) is 0 Å². The molecule has 2 aromatic rings. The van der Waals surface area contributed by atoms with Crippen molar-refractivity contribution in [2.45, 2.75) is 37.3 Å². The van der Waals surface area contributed by atoms with Crippen molar-refractivity contribution in [2.24, 2.45) is 0 Å². The fourth-order valence-corrected chi connectivity index (χ4v) is 2.87. The summed E-state index contributed by atoms with van der Waals surface area (Å²) >= 11 is 2.36. The van der Waals surface area contributed by atoms with Gasteiger partial charge in [-0.2, -0.15) is 17.6 Å². The zero-order chi connectivity index (χ0) is 21.5. The van der Waals surface area contributed by atoms with Crippen molar-refractivity contribution in [3.05, 3.63) is 82.9 Å². The molecule has 1 unspecified atom stereocenters. The summed E-state index contributed by atoms with van der Waals surface area (Å²) in [5.41, 5.74) is 1.31. The Morgan fingerprint density at radius 1 is 1.00 bits per heavy atom. The molecule has 2 rings (SSSR count). The standard InChI is InChI=1S/C21H20BrF4NO2/c1-15(22)20(23,24)21(25,26)18(13-12-16-8-4-2-5-9-16)27-19(28)29-14-17-10-6-3-7-11-17/h2-11,18H,1,12-14H2,(H,27,28). The van der Waals surface area contributed by atoms with Gasteiger partial charge in [0.05, 0.1) is 4.48 Å². The Bertz CT molecular complexity index is 816. The van der Waals surface area contributed by atoms with E-state index in [1.54, 1.807) is 60.7 Å². The predicted molar refractivity (Wildman–Crippen MR) is 106 cm³/mol. The van der Waals surface area contributed by atoms with Crippen LogP contribution in [0.2, 0.25) is 0 Å². The van der Waals surface area contributed by atoms with Gasteiger partial charge in [-0.15, -0.1) is 0 Å². The maximum atomic E-state index is 14.6. The first-order valence-corrected chi connectivity index (χ1v) is 9.55. The molecule has 0 radical (unpaired) electrons. The van der Waals surface area contributed by atoms with Crippen molar-refractivity contribution < 1.29 is 27.1 Å². The zero-order valence-electron chi connectivity index (χ0n) is 15.4. The van der Waals surface area contributed by atoms with Crippen LogP contribution in [0.1, 0.15) is 17.5 Å². The number of aryl methyl sites for hydroxylation is 1. The molecule has 0 aromatic heterocycles. The Morgan fingerprint density at radius 2 is 1.52 bits per heavy atom. The van der Waals surface area contributed by atoms with Crippen LogP contribution in [0.4, 0.5) is 22.4 Å². The number of hydrogen-bond donors (Lipinski definition) is 1. The summed E-state index contributed by atoms with van der Waals surface area (Å²) in [6, 6.07) is 14.9. The number of nitrogens with one attached hydrogen (secondary N) is 1. The monoisotopic (exact) mass is 473 g/mol. The Labute approximate surface area is 174 Å². The largest absolute Gasteiger partial charge is 0.445 e. The van der Waals surface area contributed by atoms with Crippen LogP contribution in [0.5, 0.6) is 0 Å². The molecule has 156 valence electrons. The first kappa shape index (κ1) is 22.9. The van der Waals surface area contributed by atoms with Crippen LogP contribution in [0.25, 0.3) is 0 Å². The van der Waals surface area contributed by atoms with Gasteiger partial charge in [0.2, 0.25) is 0 Å². The summed E-state index contributed by atoms with van der Waals surface area (Å²) in [5, 5.41) is 1.91. The normalized spacial score (nSPS) is 12.9. The minimum atomic E-state index is -4.59. The van der Waals surface area contributed by atoms with Crippen LogP contribution in [0.3, 0.4) is 0 Å². The second kappa shape index (κ2) is 9.91. The van der Waals surface area contributed by atoms with Gasteiger partial charge < -0.3 is 10.1 Å². The highest BCUT2D eigenvalue weighted by Crippen LogP contribution is 2.44. The molecule has 0 aliphatic heterocycles. The summed E-state index contributed by atoms with van der Waals surface area (Å²) < 4.78 is 61.2. The number of amides is 1. The molecule has 1 N–H and O–H groups in total. The summed E-state index contributed by atoms with van der Waals surface area (Å²) in [4.78, 5) is 12.0. The third-order valence-electron chi connectivity index (χ3n) is 4.27. The number of carbonyl (C=O) groups is 1. The average molecular weight is 474 g/mol. The number of alkyl carbamates (subject to hydrolysis) is 1. The first-order chi connectivity index (χ1) is 13.6. The molecule has 29 heavy (non-hydrogen) atoms. The van der Waals surface area contributed by atoms with Gasteiger partial charge in [-0.3, -0.25) is 0 Å². The highest BCUT2D eigenvalue weighted by atomic mass is 79.9. The number of hydrogen-bond acceptors (Lipinski definition) is 2. The van der Waals surface area contributed by atoms with Crippen LogP contribution < -0.4 is 5.32 Å². The first-order valence-electron chi connectivity index (χ1n) is 8.76. The lowest BCUT2D eigenvalue weighted by atomic mass is 9.96. The maximum absolute atomic E-state index is 14.6. The smallest absolute Gasteiger partial charge is 0.407 e. The van der Waals surface area contributed by atoms with E-state index in [-0.39, 0.29) is 13.0 Å². The number of alkyl halides is 4. The number of rotatable bonds is 9. The molecule has 1 atom stereocenters. The molecule has 0 aliphatic rings. The van der Waals surface area contributed by atoms with Crippen LogP contribution in [0.15, 0.2) is 71.7 Å². The van der Waals surface area contributed by atoms with Gasteiger partial charge in [0.25, 0.3) is 0 Å². The number of allylic oxidation sites excluding steroid dienone is 1. The van der Waals surface area contributed by atoms with Crippen LogP contribution in [-0.2, 0) is 17.8 Å². The van der Waals surface area contributed by atoms with E-state index in [4.69, 9.17) is 4.74 Å². The fourth-order valence-electron chi connectivity index (χ4n) is 2.61. The molecule has 3 nitrogen and oxygen atoms in total. The molecular weight excluding hydrogens is 454 g/mol. The molecule has 0 bridgehead atoms. The molecule has 0 fully saturated rings. The van der Waals surface area contributed by atoms with Gasteiger partial charge in [-0.25, -0.2) is 4.79 Å². The third-order valence-corrected chi connectivity index (χ3v) is 4.76. The number of ether oxygens (including phenoxy) is 1. The van der Waals surface area contributed by atoms with E-state index in [2.05, 4.69) is 22.5 Å². The Hall–Kier alpha value is -2.35. The van der Waals surface area contributed by atoms with Gasteiger partial charge in [-0.05, 0) is 39.9 Å². The van der Waals surface area contributed by atoms with E-state index in [0.717, 1.165) is 0 Å². The molecule has 8 heteroatoms. The van der Waals surface area contributed by atoms with Crippen LogP contribution in [0, 0.1) is 0 Å². The lowest BCUT2D eigenvalue weighted by molar-refractivity contribution is -0.197. The Kier molecular flexibility index (Phi) is 7.84. The van der Waals surface area contributed by atoms with Gasteiger partial charge in [-0.1, -0.05) is 67.2 Å². The third kappa shape index (κ3) is 6.06. The minimum absolute atomic E-state index is 0.0604. The van der Waals surface area contributed by atoms with E-state index in [1.165, 1.54) is 0 Å². The Balaban J connectivity index is 2.12. The van der Waals surface area contributed by atoms with Crippen molar-refractivity contribution >= 4 is 22.0 Å². The number of carbonyl (C=O) groups excluding carboxylic acids is 1. The molecule has 0 spiro atoms. The summed E-state index contributed by atoms with van der Waals surface area (Å²) in [6.45, 7) is 2.72. The van der Waals surface area contributed by atoms with Crippen molar-refractivity contribution in [1.82, 2.24) is 5.32 Å².